The summed E-state index contributed by atoms with van der Waals surface area (Å²) < 4.78 is 5.13. The summed E-state index contributed by atoms with van der Waals surface area (Å²) >= 11 is 0. The maximum atomic E-state index is 11.0. The van der Waals surface area contributed by atoms with Gasteiger partial charge in [0.25, 0.3) is 0 Å². The molecule has 1 amide bonds. The summed E-state index contributed by atoms with van der Waals surface area (Å²) in [6.07, 6.45) is 1.88. The first-order valence-electron chi connectivity index (χ1n) is 4.97. The molecule has 1 fully saturated rings. The van der Waals surface area contributed by atoms with Gasteiger partial charge in [-0.05, 0) is 19.4 Å². The Hall–Kier alpha value is -0.650. The molecule has 0 aromatic carbocycles. The second-order valence-electron chi connectivity index (χ2n) is 3.43. The fraction of sp³-hybridized carbons (Fsp3) is 0.889. The lowest BCUT2D eigenvalue weighted by Gasteiger charge is -2.21. The quantitative estimate of drug-likeness (QED) is 0.539. The number of nitrogens with zero attached hydrogens (tertiary/aromatic N) is 1. The Bertz CT molecular complexity index is 187. The minimum atomic E-state index is -0.246. The molecule has 3 N–H and O–H groups in total. The van der Waals surface area contributed by atoms with E-state index in [1.165, 1.54) is 0 Å². The molecule has 1 saturated heterocycles. The summed E-state index contributed by atoms with van der Waals surface area (Å²) in [5.41, 5.74) is 5.26. The van der Waals surface area contributed by atoms with Crippen LogP contribution in [0.1, 0.15) is 12.8 Å². The van der Waals surface area contributed by atoms with Crippen LogP contribution in [0.2, 0.25) is 0 Å². The van der Waals surface area contributed by atoms with E-state index in [1.54, 1.807) is 0 Å². The molecule has 82 valence electrons. The van der Waals surface area contributed by atoms with Gasteiger partial charge in [0.1, 0.15) is 0 Å². The third-order valence-electron chi connectivity index (χ3n) is 2.45. The number of likely N-dealkylation sites (tertiary alicyclic amines) is 1. The van der Waals surface area contributed by atoms with E-state index in [0.29, 0.717) is 19.8 Å². The van der Waals surface area contributed by atoms with Crippen LogP contribution < -0.4 is 5.73 Å². The highest BCUT2D eigenvalue weighted by molar-refractivity contribution is 5.80. The van der Waals surface area contributed by atoms with Crippen molar-refractivity contribution < 1.29 is 14.6 Å². The van der Waals surface area contributed by atoms with Crippen molar-refractivity contribution in [2.75, 3.05) is 32.9 Å². The second kappa shape index (κ2) is 5.95. The number of ether oxygens (including phenoxy) is 1. The largest absolute Gasteiger partial charge is 0.394 e. The Morgan fingerprint density at radius 3 is 3.00 bits per heavy atom. The number of aliphatic hydroxyl groups is 1. The minimum Gasteiger partial charge on any atom is -0.394 e. The fourth-order valence-corrected chi connectivity index (χ4v) is 1.76. The van der Waals surface area contributed by atoms with Crippen LogP contribution in [0.4, 0.5) is 0 Å². The summed E-state index contributed by atoms with van der Waals surface area (Å²) in [4.78, 5) is 13.0. The Balaban J connectivity index is 2.19. The third kappa shape index (κ3) is 3.25. The van der Waals surface area contributed by atoms with Crippen molar-refractivity contribution in [1.82, 2.24) is 4.90 Å². The van der Waals surface area contributed by atoms with Crippen molar-refractivity contribution in [3.05, 3.63) is 0 Å². The molecule has 1 unspecified atom stereocenters. The monoisotopic (exact) mass is 202 g/mol. The van der Waals surface area contributed by atoms with Crippen LogP contribution in [0, 0.1) is 0 Å². The molecule has 1 atom stereocenters. The topological polar surface area (TPSA) is 75.8 Å². The molecular weight excluding hydrogens is 184 g/mol. The van der Waals surface area contributed by atoms with E-state index >= 15 is 0 Å². The van der Waals surface area contributed by atoms with Crippen LogP contribution in [0.3, 0.4) is 0 Å². The lowest BCUT2D eigenvalue weighted by atomic mass is 10.2. The van der Waals surface area contributed by atoms with Crippen LogP contribution in [0.15, 0.2) is 0 Å². The third-order valence-corrected chi connectivity index (χ3v) is 2.45. The van der Waals surface area contributed by atoms with Crippen molar-refractivity contribution in [2.24, 2.45) is 5.73 Å². The average Bonchev–Trinajstić information content (AvgIpc) is 2.60. The van der Waals surface area contributed by atoms with E-state index in [-0.39, 0.29) is 18.6 Å². The predicted molar refractivity (Wildman–Crippen MR) is 51.7 cm³/mol. The van der Waals surface area contributed by atoms with Gasteiger partial charge in [0.2, 0.25) is 5.91 Å². The van der Waals surface area contributed by atoms with Gasteiger partial charge in [-0.15, -0.1) is 0 Å². The van der Waals surface area contributed by atoms with E-state index in [9.17, 15) is 4.79 Å². The standard InChI is InChI=1S/C9H18N2O3/c10-9(13)8-2-1-3-11(8)4-6-14-7-5-12/h8,12H,1-7H2,(H2,10,13). The van der Waals surface area contributed by atoms with Crippen molar-refractivity contribution in [1.29, 1.82) is 0 Å². The van der Waals surface area contributed by atoms with Crippen LogP contribution >= 0.6 is 0 Å². The maximum absolute atomic E-state index is 11.0. The smallest absolute Gasteiger partial charge is 0.234 e. The first kappa shape index (κ1) is 11.4. The second-order valence-corrected chi connectivity index (χ2v) is 3.43. The molecular formula is C9H18N2O3. The van der Waals surface area contributed by atoms with E-state index in [1.807, 2.05) is 4.90 Å². The van der Waals surface area contributed by atoms with Gasteiger partial charge in [-0.3, -0.25) is 9.69 Å². The molecule has 0 bridgehead atoms. The molecule has 0 aromatic heterocycles. The average molecular weight is 202 g/mol. The molecule has 0 aliphatic carbocycles. The van der Waals surface area contributed by atoms with Gasteiger partial charge >= 0.3 is 0 Å². The Morgan fingerprint density at radius 2 is 2.36 bits per heavy atom. The number of carbonyl (C=O) groups excluding carboxylic acids is 1. The highest BCUT2D eigenvalue weighted by Crippen LogP contribution is 2.15. The van der Waals surface area contributed by atoms with Crippen LogP contribution in [-0.2, 0) is 9.53 Å². The van der Waals surface area contributed by atoms with Crippen LogP contribution in [0.5, 0.6) is 0 Å². The van der Waals surface area contributed by atoms with Gasteiger partial charge in [-0.2, -0.15) is 0 Å². The number of carbonyl (C=O) groups is 1. The van der Waals surface area contributed by atoms with E-state index in [4.69, 9.17) is 15.6 Å². The summed E-state index contributed by atoms with van der Waals surface area (Å²) in [6.45, 7) is 2.57. The molecule has 5 nitrogen and oxygen atoms in total. The number of aliphatic hydroxyl groups excluding tert-OH is 1. The predicted octanol–water partition coefficient (Wildman–Crippen LogP) is -1.05. The van der Waals surface area contributed by atoms with E-state index in [2.05, 4.69) is 0 Å². The Labute approximate surface area is 83.8 Å². The van der Waals surface area contributed by atoms with Gasteiger partial charge < -0.3 is 15.6 Å². The van der Waals surface area contributed by atoms with Gasteiger partial charge in [-0.1, -0.05) is 0 Å². The zero-order valence-corrected chi connectivity index (χ0v) is 8.32. The number of primary amides is 1. The van der Waals surface area contributed by atoms with Crippen molar-refractivity contribution >= 4 is 5.91 Å². The van der Waals surface area contributed by atoms with E-state index in [0.717, 1.165) is 19.4 Å². The summed E-state index contributed by atoms with van der Waals surface area (Å²) in [5.74, 6) is -0.246. The fourth-order valence-electron chi connectivity index (χ4n) is 1.76. The molecule has 1 heterocycles. The zero-order valence-electron chi connectivity index (χ0n) is 8.32. The summed E-state index contributed by atoms with van der Waals surface area (Å²) in [6, 6.07) is -0.118. The molecule has 1 rings (SSSR count). The first-order chi connectivity index (χ1) is 6.75. The molecule has 0 saturated carbocycles. The molecule has 0 aromatic rings. The minimum absolute atomic E-state index is 0.0409. The SMILES string of the molecule is NC(=O)C1CCCN1CCOCCO. The molecule has 1 aliphatic heterocycles. The van der Waals surface area contributed by atoms with Crippen molar-refractivity contribution in [3.63, 3.8) is 0 Å². The summed E-state index contributed by atoms with van der Waals surface area (Å²) in [7, 11) is 0. The summed E-state index contributed by atoms with van der Waals surface area (Å²) in [5, 5.41) is 8.49. The number of amides is 1. The van der Waals surface area contributed by atoms with Crippen molar-refractivity contribution in [3.8, 4) is 0 Å². The Morgan fingerprint density at radius 1 is 1.57 bits per heavy atom. The van der Waals surface area contributed by atoms with Crippen LogP contribution in [0.25, 0.3) is 0 Å². The lowest BCUT2D eigenvalue weighted by molar-refractivity contribution is -0.122. The number of rotatable bonds is 6. The molecule has 0 spiro atoms. The number of hydrogen-bond acceptors (Lipinski definition) is 4. The Kier molecular flexibility index (Phi) is 4.86. The molecule has 0 radical (unpaired) electrons. The van der Waals surface area contributed by atoms with Gasteiger partial charge in [0.15, 0.2) is 0 Å². The highest BCUT2D eigenvalue weighted by Gasteiger charge is 2.28. The highest BCUT2D eigenvalue weighted by atomic mass is 16.5. The lowest BCUT2D eigenvalue weighted by Crippen LogP contribution is -2.41. The van der Waals surface area contributed by atoms with E-state index < -0.39 is 0 Å². The normalized spacial score (nSPS) is 22.8. The maximum Gasteiger partial charge on any atom is 0.234 e. The zero-order chi connectivity index (χ0) is 10.4. The van der Waals surface area contributed by atoms with Crippen molar-refractivity contribution in [2.45, 2.75) is 18.9 Å². The molecule has 1 aliphatic rings. The molecule has 14 heavy (non-hydrogen) atoms. The van der Waals surface area contributed by atoms with Gasteiger partial charge in [-0.25, -0.2) is 0 Å². The number of nitrogens with two attached hydrogens (primary N) is 1. The van der Waals surface area contributed by atoms with Crippen LogP contribution in [-0.4, -0.2) is 54.9 Å². The first-order valence-corrected chi connectivity index (χ1v) is 4.97. The van der Waals surface area contributed by atoms with Gasteiger partial charge in [0, 0.05) is 6.54 Å². The number of hydrogen-bond donors (Lipinski definition) is 2. The molecule has 5 heteroatoms. The van der Waals surface area contributed by atoms with Gasteiger partial charge in [0.05, 0.1) is 25.9 Å².